The maximum Gasteiger partial charge on any atom is 0.318 e. The van der Waals surface area contributed by atoms with Crippen LogP contribution in [0.25, 0.3) is 0 Å². The van der Waals surface area contributed by atoms with Crippen LogP contribution < -0.4 is 30.9 Å². The van der Waals surface area contributed by atoms with E-state index in [4.69, 9.17) is 27.9 Å². The Balaban J connectivity index is 1.38. The molecule has 2 aliphatic rings. The summed E-state index contributed by atoms with van der Waals surface area (Å²) in [6, 6.07) is 10.5. The number of anilines is 4. The van der Waals surface area contributed by atoms with Crippen LogP contribution in [0, 0.1) is 0 Å². The zero-order chi connectivity index (χ0) is 25.9. The van der Waals surface area contributed by atoms with Crippen LogP contribution in [0.4, 0.5) is 27.8 Å². The molecule has 2 aliphatic heterocycles. The lowest BCUT2D eigenvalue weighted by Gasteiger charge is -2.29. The van der Waals surface area contributed by atoms with Crippen molar-refractivity contribution in [2.24, 2.45) is 0 Å². The molecule has 12 heteroatoms. The van der Waals surface area contributed by atoms with Gasteiger partial charge in [0.25, 0.3) is 5.91 Å². The zero-order valence-electron chi connectivity index (χ0n) is 20.0. The van der Waals surface area contributed by atoms with Crippen molar-refractivity contribution in [2.45, 2.75) is 18.8 Å². The molecule has 0 saturated carbocycles. The van der Waals surface area contributed by atoms with Gasteiger partial charge in [-0.3, -0.25) is 9.69 Å². The molecule has 0 radical (unpaired) electrons. The summed E-state index contributed by atoms with van der Waals surface area (Å²) >= 11 is 12.6. The van der Waals surface area contributed by atoms with E-state index in [2.05, 4.69) is 31.2 Å². The van der Waals surface area contributed by atoms with E-state index in [0.29, 0.717) is 33.0 Å². The quantitative estimate of drug-likeness (QED) is 0.368. The fraction of sp³-hybridized carbons (Fsp3) is 0.280. The third-order valence-electron chi connectivity index (χ3n) is 6.33. The van der Waals surface area contributed by atoms with Gasteiger partial charge >= 0.3 is 6.03 Å². The van der Waals surface area contributed by atoms with Gasteiger partial charge in [0.05, 0.1) is 15.7 Å². The van der Waals surface area contributed by atoms with Gasteiger partial charge < -0.3 is 26.0 Å². The highest BCUT2D eigenvalue weighted by atomic mass is 35.5. The number of halogens is 2. The van der Waals surface area contributed by atoms with Crippen molar-refractivity contribution in [1.82, 2.24) is 20.6 Å². The summed E-state index contributed by atoms with van der Waals surface area (Å²) in [5.74, 6) is 0.371. The Kier molecular flexibility index (Phi) is 7.31. The molecule has 37 heavy (non-hydrogen) atoms. The Morgan fingerprint density at radius 2 is 1.92 bits per heavy atom. The molecule has 3 heterocycles. The fourth-order valence-electron chi connectivity index (χ4n) is 4.47. The fourth-order valence-corrected chi connectivity index (χ4v) is 5.07. The molecule has 0 unspecified atom stereocenters. The maximum atomic E-state index is 13.1. The molecule has 192 valence electrons. The molecule has 3 amide bonds. The third-order valence-corrected chi connectivity index (χ3v) is 6.94. The van der Waals surface area contributed by atoms with E-state index < -0.39 is 0 Å². The van der Waals surface area contributed by atoms with Gasteiger partial charge in [-0.15, -0.1) is 0 Å². The zero-order valence-corrected chi connectivity index (χ0v) is 21.5. The van der Waals surface area contributed by atoms with E-state index in [1.54, 1.807) is 25.2 Å². The van der Waals surface area contributed by atoms with E-state index in [0.717, 1.165) is 31.5 Å². The van der Waals surface area contributed by atoms with Crippen molar-refractivity contribution >= 4 is 58.2 Å². The number of nitrogens with one attached hydrogen (secondary N) is 4. The molecule has 2 aromatic carbocycles. The summed E-state index contributed by atoms with van der Waals surface area (Å²) in [5.41, 5.74) is 3.03. The first-order valence-electron chi connectivity index (χ1n) is 11.8. The molecule has 1 saturated heterocycles. The normalized spacial score (nSPS) is 15.5. The van der Waals surface area contributed by atoms with Gasteiger partial charge in [-0.1, -0.05) is 35.3 Å². The van der Waals surface area contributed by atoms with Gasteiger partial charge in [0.1, 0.15) is 5.56 Å². The molecule has 0 atom stereocenters. The lowest BCUT2D eigenvalue weighted by Crippen LogP contribution is -2.39. The molecule has 0 aliphatic carbocycles. The second-order valence-corrected chi connectivity index (χ2v) is 9.46. The lowest BCUT2D eigenvalue weighted by atomic mass is 9.89. The molecule has 0 spiro atoms. The molecule has 3 aromatic rings. The van der Waals surface area contributed by atoms with Gasteiger partial charge in [0.2, 0.25) is 11.8 Å². The van der Waals surface area contributed by atoms with Gasteiger partial charge in [0.15, 0.2) is 6.73 Å². The minimum Gasteiger partial charge on any atom is -0.455 e. The molecule has 0 bridgehead atoms. The van der Waals surface area contributed by atoms with Crippen LogP contribution in [-0.4, -0.2) is 48.8 Å². The summed E-state index contributed by atoms with van der Waals surface area (Å²) in [6.07, 6.45) is 3.38. The number of hydrogen-bond donors (Lipinski definition) is 4. The van der Waals surface area contributed by atoms with E-state index >= 15 is 0 Å². The lowest BCUT2D eigenvalue weighted by molar-refractivity contribution is 0.0932. The van der Waals surface area contributed by atoms with Gasteiger partial charge in [-0.2, -0.15) is 4.98 Å². The van der Waals surface area contributed by atoms with Crippen LogP contribution in [0.5, 0.6) is 5.88 Å². The van der Waals surface area contributed by atoms with Crippen LogP contribution in [0.2, 0.25) is 10.0 Å². The third kappa shape index (κ3) is 5.27. The number of rotatable bonds is 5. The SMILES string of the molecule is CNC(=O)Nc1cc(Nc2ncc3c(n2)OCN(c2c(Cl)cccc2Cl)C3=O)ccc1C1CCNCC1. The van der Waals surface area contributed by atoms with Gasteiger partial charge in [-0.25, -0.2) is 9.78 Å². The second-order valence-electron chi connectivity index (χ2n) is 8.64. The number of hydrogen-bond acceptors (Lipinski definition) is 7. The first-order valence-corrected chi connectivity index (χ1v) is 12.6. The van der Waals surface area contributed by atoms with Gasteiger partial charge in [0, 0.05) is 24.6 Å². The van der Waals surface area contributed by atoms with Crippen LogP contribution in [-0.2, 0) is 0 Å². The number of ether oxygens (including phenoxy) is 1. The standard InChI is InChI=1S/C25H25Cl2N7O3/c1-28-25(36)32-20-11-15(5-6-16(20)14-7-9-29-10-8-14)31-24-30-12-17-22(33-24)37-13-34(23(17)35)21-18(26)3-2-4-19(21)27/h2-6,11-12,14,29H,7-10,13H2,1H3,(H2,28,32,36)(H,30,31,33). The molecule has 1 aromatic heterocycles. The number of piperidine rings is 1. The van der Waals surface area contributed by atoms with E-state index in [9.17, 15) is 9.59 Å². The second kappa shape index (κ2) is 10.8. The van der Waals surface area contributed by atoms with Crippen LogP contribution in [0.1, 0.15) is 34.7 Å². The molecule has 5 rings (SSSR count). The van der Waals surface area contributed by atoms with Crippen molar-refractivity contribution in [3.8, 4) is 5.88 Å². The average Bonchev–Trinajstić information content (AvgIpc) is 2.90. The van der Waals surface area contributed by atoms with E-state index in [1.165, 1.54) is 11.1 Å². The largest absolute Gasteiger partial charge is 0.455 e. The molecule has 4 N–H and O–H groups in total. The summed E-state index contributed by atoms with van der Waals surface area (Å²) in [5, 5.41) is 12.7. The number of carbonyl (C=O) groups excluding carboxylic acids is 2. The summed E-state index contributed by atoms with van der Waals surface area (Å²) in [6.45, 7) is 1.77. The highest BCUT2D eigenvalue weighted by Gasteiger charge is 2.31. The van der Waals surface area contributed by atoms with Crippen molar-refractivity contribution in [1.29, 1.82) is 0 Å². The minimum atomic E-state index is -0.369. The number of para-hydroxylation sites is 1. The Labute approximate surface area is 223 Å². The number of fused-ring (bicyclic) bond motifs is 1. The number of aromatic nitrogens is 2. The average molecular weight is 542 g/mol. The Morgan fingerprint density at radius 1 is 1.16 bits per heavy atom. The van der Waals surface area contributed by atoms with Crippen LogP contribution in [0.3, 0.4) is 0 Å². The number of amides is 3. The first kappa shape index (κ1) is 25.1. The smallest absolute Gasteiger partial charge is 0.318 e. The highest BCUT2D eigenvalue weighted by molar-refractivity contribution is 6.40. The van der Waals surface area contributed by atoms with Crippen molar-refractivity contribution in [3.05, 3.63) is 63.8 Å². The maximum absolute atomic E-state index is 13.1. The predicted molar refractivity (Wildman–Crippen MR) is 143 cm³/mol. The van der Waals surface area contributed by atoms with Crippen LogP contribution >= 0.6 is 23.2 Å². The Bertz CT molecular complexity index is 1330. The number of benzene rings is 2. The first-order chi connectivity index (χ1) is 17.9. The van der Waals surface area contributed by atoms with Crippen molar-refractivity contribution < 1.29 is 14.3 Å². The number of carbonyl (C=O) groups is 2. The van der Waals surface area contributed by atoms with Crippen LogP contribution in [0.15, 0.2) is 42.6 Å². The summed E-state index contributed by atoms with van der Waals surface area (Å²) in [7, 11) is 1.57. The predicted octanol–water partition coefficient (Wildman–Crippen LogP) is 4.74. The summed E-state index contributed by atoms with van der Waals surface area (Å²) in [4.78, 5) is 35.3. The Hall–Kier alpha value is -3.60. The topological polar surface area (TPSA) is 121 Å². The van der Waals surface area contributed by atoms with E-state index in [1.807, 2.05) is 18.2 Å². The molecule has 1 fully saturated rings. The van der Waals surface area contributed by atoms with E-state index in [-0.39, 0.29) is 36.1 Å². The van der Waals surface area contributed by atoms with Gasteiger partial charge in [-0.05, 0) is 61.7 Å². The summed E-state index contributed by atoms with van der Waals surface area (Å²) < 4.78 is 5.76. The van der Waals surface area contributed by atoms with Crippen molar-refractivity contribution in [2.75, 3.05) is 42.4 Å². The number of nitrogens with zero attached hydrogens (tertiary/aromatic N) is 3. The van der Waals surface area contributed by atoms with Crippen molar-refractivity contribution in [3.63, 3.8) is 0 Å². The monoisotopic (exact) mass is 541 g/mol. The molecular weight excluding hydrogens is 517 g/mol. The minimum absolute atomic E-state index is 0.100. The molecule has 10 nitrogen and oxygen atoms in total. The number of urea groups is 1. The molecular formula is C25H25Cl2N7O3. The Morgan fingerprint density at radius 3 is 2.65 bits per heavy atom. The highest BCUT2D eigenvalue weighted by Crippen LogP contribution is 2.37.